The first kappa shape index (κ1) is 12.6. The molecular weight excluding hydrogens is 260 g/mol. The molecule has 2 N–H and O–H groups in total. The second kappa shape index (κ2) is 3.95. The van der Waals surface area contributed by atoms with E-state index in [1.54, 1.807) is 0 Å². The minimum atomic E-state index is -3.34. The summed E-state index contributed by atoms with van der Waals surface area (Å²) in [6.07, 6.45) is 11.1. The van der Waals surface area contributed by atoms with Gasteiger partial charge in [0.2, 0.25) is 0 Å². The van der Waals surface area contributed by atoms with Crippen molar-refractivity contribution in [2.24, 2.45) is 11.8 Å². The molecule has 4 fully saturated rings. The average molecular weight is 284 g/mol. The van der Waals surface area contributed by atoms with Gasteiger partial charge in [0.15, 0.2) is 0 Å². The van der Waals surface area contributed by atoms with Crippen LogP contribution in [0.4, 0.5) is 0 Å². The maximum atomic E-state index is 12.5. The molecule has 4 nitrogen and oxygen atoms in total. The molecule has 0 saturated heterocycles. The molecule has 19 heavy (non-hydrogen) atoms. The van der Waals surface area contributed by atoms with Crippen LogP contribution in [0.3, 0.4) is 0 Å². The van der Waals surface area contributed by atoms with Crippen LogP contribution in [0.5, 0.6) is 0 Å². The van der Waals surface area contributed by atoms with Crippen LogP contribution in [0.15, 0.2) is 0 Å². The summed E-state index contributed by atoms with van der Waals surface area (Å²) in [5.74, 6) is 1.53. The van der Waals surface area contributed by atoms with Gasteiger partial charge in [-0.05, 0) is 76.0 Å². The molecule has 0 aliphatic heterocycles. The summed E-state index contributed by atoms with van der Waals surface area (Å²) < 4.78 is 31.0. The van der Waals surface area contributed by atoms with Gasteiger partial charge in [-0.1, -0.05) is 0 Å². The van der Waals surface area contributed by atoms with Gasteiger partial charge in [-0.25, -0.2) is 0 Å². The van der Waals surface area contributed by atoms with E-state index in [-0.39, 0.29) is 11.1 Å². The first-order valence-electron chi connectivity index (χ1n) is 7.81. The summed E-state index contributed by atoms with van der Waals surface area (Å²) in [7, 11) is -3.34. The first-order valence-corrected chi connectivity index (χ1v) is 9.30. The molecule has 0 unspecified atom stereocenters. The zero-order valence-electron chi connectivity index (χ0n) is 11.5. The normalized spacial score (nSPS) is 48.2. The Kier molecular flexibility index (Phi) is 2.62. The zero-order chi connectivity index (χ0) is 13.1. The van der Waals surface area contributed by atoms with Gasteiger partial charge < -0.3 is 0 Å². The molecule has 108 valence electrons. The Morgan fingerprint density at radius 3 is 1.37 bits per heavy atom. The molecule has 5 heteroatoms. The predicted octanol–water partition coefficient (Wildman–Crippen LogP) is 2.08. The Morgan fingerprint density at radius 2 is 1.11 bits per heavy atom. The van der Waals surface area contributed by atoms with Gasteiger partial charge in [0.25, 0.3) is 10.2 Å². The molecule has 0 aromatic heterocycles. The van der Waals surface area contributed by atoms with Crippen molar-refractivity contribution in [2.75, 3.05) is 0 Å². The lowest BCUT2D eigenvalue weighted by molar-refractivity contribution is 0.351. The Morgan fingerprint density at radius 1 is 0.737 bits per heavy atom. The van der Waals surface area contributed by atoms with Crippen LogP contribution in [-0.2, 0) is 10.2 Å². The third-order valence-corrected chi connectivity index (χ3v) is 7.59. The van der Waals surface area contributed by atoms with E-state index in [0.717, 1.165) is 50.4 Å². The molecule has 0 spiro atoms. The Bertz CT molecular complexity index is 434. The van der Waals surface area contributed by atoms with Crippen LogP contribution in [0.25, 0.3) is 0 Å². The molecule has 0 aromatic rings. The van der Waals surface area contributed by atoms with E-state index in [9.17, 15) is 8.42 Å². The standard InChI is InChI=1S/C14H24N2O2S/c17-19(18,15-13-5-1-11(9-13)2-6-13)16-14-7-3-12(10-14)4-8-14/h11-12,15-16H,1-10H2. The SMILES string of the molecule is O=S(=O)(NC12CCC(CC1)C2)NC12CCC(CC1)C2. The van der Waals surface area contributed by atoms with Crippen LogP contribution in [0, 0.1) is 11.8 Å². The number of hydrogen-bond acceptors (Lipinski definition) is 2. The van der Waals surface area contributed by atoms with E-state index in [1.165, 1.54) is 25.7 Å². The van der Waals surface area contributed by atoms with E-state index < -0.39 is 10.2 Å². The quantitative estimate of drug-likeness (QED) is 0.830. The Balaban J connectivity index is 1.48. The van der Waals surface area contributed by atoms with Gasteiger partial charge in [0.05, 0.1) is 0 Å². The van der Waals surface area contributed by atoms with Crippen molar-refractivity contribution in [3.8, 4) is 0 Å². The molecule has 4 saturated carbocycles. The largest absolute Gasteiger partial charge is 0.277 e. The number of nitrogens with one attached hydrogen (secondary N) is 2. The fourth-order valence-corrected chi connectivity index (χ4v) is 7.03. The smallest absolute Gasteiger partial charge is 0.196 e. The van der Waals surface area contributed by atoms with Crippen molar-refractivity contribution in [3.63, 3.8) is 0 Å². The van der Waals surface area contributed by atoms with Crippen LogP contribution in [-0.4, -0.2) is 19.5 Å². The second-order valence-electron chi connectivity index (χ2n) is 7.56. The highest BCUT2D eigenvalue weighted by Gasteiger charge is 2.50. The lowest BCUT2D eigenvalue weighted by Crippen LogP contribution is -2.55. The van der Waals surface area contributed by atoms with Gasteiger partial charge in [-0.3, -0.25) is 0 Å². The highest BCUT2D eigenvalue weighted by Crippen LogP contribution is 2.49. The zero-order valence-corrected chi connectivity index (χ0v) is 12.3. The monoisotopic (exact) mass is 284 g/mol. The van der Waals surface area contributed by atoms with Crippen LogP contribution < -0.4 is 9.44 Å². The lowest BCUT2D eigenvalue weighted by atomic mass is 9.95. The van der Waals surface area contributed by atoms with E-state index in [2.05, 4.69) is 9.44 Å². The maximum absolute atomic E-state index is 12.5. The van der Waals surface area contributed by atoms with E-state index >= 15 is 0 Å². The predicted molar refractivity (Wildman–Crippen MR) is 73.8 cm³/mol. The van der Waals surface area contributed by atoms with Gasteiger partial charge in [0, 0.05) is 11.1 Å². The van der Waals surface area contributed by atoms with Gasteiger partial charge >= 0.3 is 0 Å². The van der Waals surface area contributed by atoms with Gasteiger partial charge in [-0.15, -0.1) is 0 Å². The molecule has 0 atom stereocenters. The van der Waals surface area contributed by atoms with E-state index in [1.807, 2.05) is 0 Å². The third-order valence-electron chi connectivity index (χ3n) is 6.19. The fourth-order valence-electron chi connectivity index (χ4n) is 5.27. The van der Waals surface area contributed by atoms with Crippen molar-refractivity contribution in [1.82, 2.24) is 9.44 Å². The second-order valence-corrected chi connectivity index (χ2v) is 8.98. The minimum Gasteiger partial charge on any atom is -0.196 e. The minimum absolute atomic E-state index is 0.107. The highest BCUT2D eigenvalue weighted by atomic mass is 32.2. The van der Waals surface area contributed by atoms with E-state index in [4.69, 9.17) is 0 Å². The molecule has 4 bridgehead atoms. The van der Waals surface area contributed by atoms with E-state index in [0.29, 0.717) is 0 Å². The topological polar surface area (TPSA) is 58.2 Å². The number of fused-ring (bicyclic) bond motifs is 4. The fraction of sp³-hybridized carbons (Fsp3) is 1.00. The Hall–Kier alpha value is -0.130. The summed E-state index contributed by atoms with van der Waals surface area (Å²) in [5, 5.41) is 0. The summed E-state index contributed by atoms with van der Waals surface area (Å²) >= 11 is 0. The molecule has 0 amide bonds. The molecule has 0 aromatic carbocycles. The van der Waals surface area contributed by atoms with Crippen molar-refractivity contribution >= 4 is 10.2 Å². The molecular formula is C14H24N2O2S. The summed E-state index contributed by atoms with van der Waals surface area (Å²) in [5.41, 5.74) is -0.215. The molecule has 0 heterocycles. The Labute approximate surface area is 115 Å². The maximum Gasteiger partial charge on any atom is 0.277 e. The molecule has 0 radical (unpaired) electrons. The third kappa shape index (κ3) is 2.14. The summed E-state index contributed by atoms with van der Waals surface area (Å²) in [4.78, 5) is 0. The molecule has 4 rings (SSSR count). The summed E-state index contributed by atoms with van der Waals surface area (Å²) in [6.45, 7) is 0. The molecule has 4 aliphatic rings. The van der Waals surface area contributed by atoms with Crippen molar-refractivity contribution in [1.29, 1.82) is 0 Å². The van der Waals surface area contributed by atoms with Gasteiger partial charge in [-0.2, -0.15) is 17.9 Å². The lowest BCUT2D eigenvalue weighted by Gasteiger charge is -2.32. The van der Waals surface area contributed by atoms with Crippen LogP contribution in [0.1, 0.15) is 64.2 Å². The first-order chi connectivity index (χ1) is 8.99. The van der Waals surface area contributed by atoms with Crippen LogP contribution in [0.2, 0.25) is 0 Å². The van der Waals surface area contributed by atoms with Crippen molar-refractivity contribution < 1.29 is 8.42 Å². The van der Waals surface area contributed by atoms with Crippen molar-refractivity contribution in [2.45, 2.75) is 75.3 Å². The average Bonchev–Trinajstić information content (AvgIpc) is 3.05. The number of rotatable bonds is 4. The summed E-state index contributed by atoms with van der Waals surface area (Å²) in [6, 6.07) is 0. The van der Waals surface area contributed by atoms with Crippen molar-refractivity contribution in [3.05, 3.63) is 0 Å². The number of hydrogen-bond donors (Lipinski definition) is 2. The molecule has 4 aliphatic carbocycles. The van der Waals surface area contributed by atoms with Crippen LogP contribution >= 0.6 is 0 Å². The highest BCUT2D eigenvalue weighted by molar-refractivity contribution is 7.87. The van der Waals surface area contributed by atoms with Gasteiger partial charge in [0.1, 0.15) is 0 Å².